The molecule has 5 heteroatoms. The minimum Gasteiger partial charge on any atom is -0.441 e. The maximum absolute atomic E-state index is 12.3. The zero-order valence-electron chi connectivity index (χ0n) is 15.8. The van der Waals surface area contributed by atoms with E-state index < -0.39 is 0 Å². The second kappa shape index (κ2) is 9.14. The van der Waals surface area contributed by atoms with E-state index in [1.807, 2.05) is 62.6 Å². The predicted molar refractivity (Wildman–Crippen MR) is 106 cm³/mol. The molecule has 0 aliphatic heterocycles. The van der Waals surface area contributed by atoms with Crippen molar-refractivity contribution in [2.24, 2.45) is 0 Å². The van der Waals surface area contributed by atoms with Gasteiger partial charge in [-0.25, -0.2) is 4.98 Å². The topological polar surface area (TPSA) is 58.4 Å². The number of nitrogens with one attached hydrogen (secondary N) is 1. The van der Waals surface area contributed by atoms with Crippen LogP contribution in [0.25, 0.3) is 11.3 Å². The van der Waals surface area contributed by atoms with Crippen LogP contribution in [0.15, 0.2) is 71.3 Å². The van der Waals surface area contributed by atoms with Gasteiger partial charge in [-0.2, -0.15) is 0 Å². The molecule has 1 heterocycles. The van der Waals surface area contributed by atoms with E-state index >= 15 is 0 Å². The van der Waals surface area contributed by atoms with Gasteiger partial charge >= 0.3 is 0 Å². The summed E-state index contributed by atoms with van der Waals surface area (Å²) in [5.74, 6) is 1.30. The summed E-state index contributed by atoms with van der Waals surface area (Å²) in [6.45, 7) is 0.566. The van der Waals surface area contributed by atoms with Crippen molar-refractivity contribution in [1.29, 1.82) is 0 Å². The smallest absolute Gasteiger partial charge is 0.220 e. The molecule has 0 saturated heterocycles. The Bertz CT molecular complexity index is 844. The van der Waals surface area contributed by atoms with E-state index in [4.69, 9.17) is 4.42 Å². The number of carbonyl (C=O) groups excluding carboxylic acids is 1. The van der Waals surface area contributed by atoms with Gasteiger partial charge in [0.25, 0.3) is 0 Å². The van der Waals surface area contributed by atoms with Gasteiger partial charge in [-0.15, -0.1) is 0 Å². The van der Waals surface area contributed by atoms with Gasteiger partial charge in [0.05, 0.1) is 12.2 Å². The van der Waals surface area contributed by atoms with E-state index in [1.54, 1.807) is 6.20 Å². The van der Waals surface area contributed by atoms with Gasteiger partial charge in [0.2, 0.25) is 5.91 Å². The third kappa shape index (κ3) is 5.28. The fourth-order valence-electron chi connectivity index (χ4n) is 2.95. The molecule has 1 atom stereocenters. The number of carbonyl (C=O) groups is 1. The summed E-state index contributed by atoms with van der Waals surface area (Å²) < 4.78 is 5.75. The Balaban J connectivity index is 1.50. The van der Waals surface area contributed by atoms with Gasteiger partial charge in [0, 0.05) is 24.9 Å². The number of hydrogen-bond donors (Lipinski definition) is 1. The Morgan fingerprint density at radius 2 is 1.74 bits per heavy atom. The largest absolute Gasteiger partial charge is 0.441 e. The highest BCUT2D eigenvalue weighted by atomic mass is 16.4. The first-order valence-electron chi connectivity index (χ1n) is 9.11. The number of nitrogens with zero attached hydrogens (tertiary/aromatic N) is 2. The molecule has 2 aromatic carbocycles. The summed E-state index contributed by atoms with van der Waals surface area (Å²) in [5.41, 5.74) is 2.17. The van der Waals surface area contributed by atoms with Crippen LogP contribution in [0, 0.1) is 0 Å². The minimum absolute atomic E-state index is 0.00255. The molecule has 1 unspecified atom stereocenters. The highest BCUT2D eigenvalue weighted by Crippen LogP contribution is 2.20. The first kappa shape index (κ1) is 18.9. The van der Waals surface area contributed by atoms with E-state index in [9.17, 15) is 4.79 Å². The van der Waals surface area contributed by atoms with Crippen molar-refractivity contribution in [2.75, 3.05) is 20.6 Å². The molecule has 0 aliphatic carbocycles. The maximum Gasteiger partial charge on any atom is 0.220 e. The molecule has 27 heavy (non-hydrogen) atoms. The van der Waals surface area contributed by atoms with Crippen LogP contribution in [0.5, 0.6) is 0 Å². The highest BCUT2D eigenvalue weighted by Gasteiger charge is 2.15. The molecule has 5 nitrogen and oxygen atoms in total. The van der Waals surface area contributed by atoms with Crippen LogP contribution < -0.4 is 5.32 Å². The van der Waals surface area contributed by atoms with Crippen LogP contribution >= 0.6 is 0 Å². The lowest BCUT2D eigenvalue weighted by molar-refractivity contribution is -0.121. The van der Waals surface area contributed by atoms with E-state index in [0.29, 0.717) is 25.3 Å². The van der Waals surface area contributed by atoms with Crippen LogP contribution in [0.2, 0.25) is 0 Å². The molecule has 0 saturated carbocycles. The summed E-state index contributed by atoms with van der Waals surface area (Å²) in [5, 5.41) is 3.02. The molecule has 1 aromatic heterocycles. The van der Waals surface area contributed by atoms with Crippen molar-refractivity contribution in [2.45, 2.75) is 18.9 Å². The fraction of sp³-hybridized carbons (Fsp3) is 0.273. The summed E-state index contributed by atoms with van der Waals surface area (Å²) in [4.78, 5) is 18.6. The zero-order chi connectivity index (χ0) is 19.1. The molecule has 140 valence electrons. The van der Waals surface area contributed by atoms with Crippen molar-refractivity contribution in [1.82, 2.24) is 15.2 Å². The number of benzene rings is 2. The third-order valence-corrected chi connectivity index (χ3v) is 4.48. The quantitative estimate of drug-likeness (QED) is 0.663. The van der Waals surface area contributed by atoms with Gasteiger partial charge < -0.3 is 14.6 Å². The molecular formula is C22H25N3O2. The van der Waals surface area contributed by atoms with Gasteiger partial charge in [-0.1, -0.05) is 60.7 Å². The average Bonchev–Trinajstić information content (AvgIpc) is 3.17. The summed E-state index contributed by atoms with van der Waals surface area (Å²) in [6, 6.07) is 20.1. The molecule has 0 aliphatic rings. The molecule has 0 radical (unpaired) electrons. The highest BCUT2D eigenvalue weighted by molar-refractivity contribution is 5.76. The zero-order valence-corrected chi connectivity index (χ0v) is 15.8. The SMILES string of the molecule is CN(C)C(CNC(=O)CCc1ncc(-c2ccccc2)o1)c1ccccc1. The van der Waals surface area contributed by atoms with Gasteiger partial charge in [-0.05, 0) is 19.7 Å². The first-order chi connectivity index (χ1) is 13.1. The maximum atomic E-state index is 12.3. The van der Waals surface area contributed by atoms with Crippen molar-refractivity contribution < 1.29 is 9.21 Å². The second-order valence-corrected chi connectivity index (χ2v) is 6.68. The fourth-order valence-corrected chi connectivity index (χ4v) is 2.95. The van der Waals surface area contributed by atoms with Crippen molar-refractivity contribution in [3.8, 4) is 11.3 Å². The van der Waals surface area contributed by atoms with Crippen molar-refractivity contribution >= 4 is 5.91 Å². The number of amides is 1. The minimum atomic E-state index is -0.00255. The molecule has 3 aromatic rings. The Morgan fingerprint density at radius 3 is 2.41 bits per heavy atom. The summed E-state index contributed by atoms with van der Waals surface area (Å²) in [6.07, 6.45) is 2.54. The van der Waals surface area contributed by atoms with Crippen LogP contribution in [-0.4, -0.2) is 36.4 Å². The average molecular weight is 363 g/mol. The van der Waals surface area contributed by atoms with E-state index in [2.05, 4.69) is 27.3 Å². The molecule has 0 fully saturated rings. The van der Waals surface area contributed by atoms with Crippen LogP contribution in [0.1, 0.15) is 23.9 Å². The molecule has 1 N–H and O–H groups in total. The van der Waals surface area contributed by atoms with Gasteiger partial charge in [0.15, 0.2) is 11.7 Å². The van der Waals surface area contributed by atoms with Gasteiger partial charge in [0.1, 0.15) is 0 Å². The molecule has 0 bridgehead atoms. The van der Waals surface area contributed by atoms with Crippen molar-refractivity contribution in [3.05, 3.63) is 78.3 Å². The lowest BCUT2D eigenvalue weighted by Crippen LogP contribution is -2.34. The number of oxazole rings is 1. The molecular weight excluding hydrogens is 338 g/mol. The van der Waals surface area contributed by atoms with E-state index in [1.165, 1.54) is 5.56 Å². The molecule has 0 spiro atoms. The lowest BCUT2D eigenvalue weighted by atomic mass is 10.1. The Morgan fingerprint density at radius 1 is 1.07 bits per heavy atom. The van der Waals surface area contributed by atoms with E-state index in [-0.39, 0.29) is 11.9 Å². The normalized spacial score (nSPS) is 12.1. The predicted octanol–water partition coefficient (Wildman–Crippen LogP) is 3.69. The lowest BCUT2D eigenvalue weighted by Gasteiger charge is -2.25. The summed E-state index contributed by atoms with van der Waals surface area (Å²) in [7, 11) is 4.03. The number of rotatable bonds is 8. The monoisotopic (exact) mass is 363 g/mol. The standard InChI is InChI=1S/C22H25N3O2/c1-25(2)19(17-9-5-3-6-10-17)15-23-21(26)13-14-22-24-16-20(27-22)18-11-7-4-8-12-18/h3-12,16,19H,13-15H2,1-2H3,(H,23,26). The number of aryl methyl sites for hydroxylation is 1. The molecule has 1 amide bonds. The third-order valence-electron chi connectivity index (χ3n) is 4.48. The van der Waals surface area contributed by atoms with E-state index in [0.717, 1.165) is 11.3 Å². The Labute approximate surface area is 160 Å². The summed E-state index contributed by atoms with van der Waals surface area (Å²) >= 11 is 0. The first-order valence-corrected chi connectivity index (χ1v) is 9.11. The Hall–Kier alpha value is -2.92. The Kier molecular flexibility index (Phi) is 6.39. The van der Waals surface area contributed by atoms with Crippen molar-refractivity contribution in [3.63, 3.8) is 0 Å². The van der Waals surface area contributed by atoms with Crippen LogP contribution in [-0.2, 0) is 11.2 Å². The molecule has 3 rings (SSSR count). The number of likely N-dealkylation sites (N-methyl/N-ethyl adjacent to an activating group) is 1. The van der Waals surface area contributed by atoms with Gasteiger partial charge in [-0.3, -0.25) is 4.79 Å². The number of aromatic nitrogens is 1. The van der Waals surface area contributed by atoms with Crippen LogP contribution in [0.4, 0.5) is 0 Å². The van der Waals surface area contributed by atoms with Crippen LogP contribution in [0.3, 0.4) is 0 Å². The second-order valence-electron chi connectivity index (χ2n) is 6.68. The number of hydrogen-bond acceptors (Lipinski definition) is 4.